The van der Waals surface area contributed by atoms with Crippen LogP contribution in [0.15, 0.2) is 48.7 Å². The van der Waals surface area contributed by atoms with Crippen LogP contribution in [0, 0.1) is 0 Å². The molecule has 0 aliphatic carbocycles. The predicted octanol–water partition coefficient (Wildman–Crippen LogP) is 2.59. The Bertz CT molecular complexity index is 591. The van der Waals surface area contributed by atoms with Crippen molar-refractivity contribution >= 4 is 18.3 Å². The van der Waals surface area contributed by atoms with Crippen molar-refractivity contribution in [2.24, 2.45) is 0 Å². The summed E-state index contributed by atoms with van der Waals surface area (Å²) in [5.74, 6) is 1.34. The summed E-state index contributed by atoms with van der Waals surface area (Å²) in [6.45, 7) is 0.632. The van der Waals surface area contributed by atoms with Gasteiger partial charge in [0, 0.05) is 31.9 Å². The molecule has 0 N–H and O–H groups in total. The van der Waals surface area contributed by atoms with Gasteiger partial charge in [-0.05, 0) is 36.4 Å². The molecule has 1 heterocycles. The van der Waals surface area contributed by atoms with Crippen LogP contribution in [0.5, 0.6) is 11.5 Å². The monoisotopic (exact) mass is 336 g/mol. The maximum atomic E-state index is 12.0. The normalized spacial score (nSPS) is 9.65. The molecule has 0 spiro atoms. The number of benzene rings is 1. The van der Waals surface area contributed by atoms with E-state index in [1.165, 1.54) is 0 Å². The Labute approximate surface area is 142 Å². The van der Waals surface area contributed by atoms with E-state index < -0.39 is 0 Å². The minimum absolute atomic E-state index is 0. The highest BCUT2D eigenvalue weighted by Gasteiger charge is 2.10. The standard InChI is InChI=1S/C17H20N2O3.ClH/c1-19(12-10-14-5-3-4-11-18-14)17(20)13-22-16-8-6-15(21-2)7-9-16;/h3-9,11H,10,12-13H2,1-2H3;1H. The smallest absolute Gasteiger partial charge is 0.260 e. The van der Waals surface area contributed by atoms with Crippen LogP contribution in [0.1, 0.15) is 5.69 Å². The Hall–Kier alpha value is -2.27. The molecule has 0 aliphatic rings. The molecule has 1 aromatic carbocycles. The highest BCUT2D eigenvalue weighted by Crippen LogP contribution is 2.16. The molecule has 0 aliphatic heterocycles. The molecule has 0 atom stereocenters. The van der Waals surface area contributed by atoms with Crippen LogP contribution >= 0.6 is 12.4 Å². The van der Waals surface area contributed by atoms with Gasteiger partial charge in [-0.15, -0.1) is 12.4 Å². The zero-order valence-electron chi connectivity index (χ0n) is 13.3. The highest BCUT2D eigenvalue weighted by atomic mass is 35.5. The number of hydrogen-bond donors (Lipinski definition) is 0. The number of likely N-dealkylation sites (N-methyl/N-ethyl adjacent to an activating group) is 1. The first-order valence-corrected chi connectivity index (χ1v) is 7.10. The van der Waals surface area contributed by atoms with Gasteiger partial charge in [-0.2, -0.15) is 0 Å². The number of hydrogen-bond acceptors (Lipinski definition) is 4. The number of carbonyl (C=O) groups excluding carboxylic acids is 1. The molecule has 23 heavy (non-hydrogen) atoms. The Morgan fingerprint density at radius 1 is 1.13 bits per heavy atom. The van der Waals surface area contributed by atoms with Gasteiger partial charge in [0.25, 0.3) is 5.91 Å². The average Bonchev–Trinajstić information content (AvgIpc) is 2.58. The van der Waals surface area contributed by atoms with Crippen LogP contribution in [0.2, 0.25) is 0 Å². The van der Waals surface area contributed by atoms with Crippen molar-refractivity contribution in [1.82, 2.24) is 9.88 Å². The summed E-state index contributed by atoms with van der Waals surface area (Å²) in [6.07, 6.45) is 2.48. The van der Waals surface area contributed by atoms with Gasteiger partial charge in [-0.1, -0.05) is 6.07 Å². The fourth-order valence-corrected chi connectivity index (χ4v) is 1.88. The summed E-state index contributed by atoms with van der Waals surface area (Å²) in [7, 11) is 3.37. The molecule has 1 amide bonds. The first kappa shape index (κ1) is 18.8. The zero-order valence-corrected chi connectivity index (χ0v) is 14.1. The van der Waals surface area contributed by atoms with E-state index in [0.29, 0.717) is 12.3 Å². The third-order valence-electron chi connectivity index (χ3n) is 3.28. The van der Waals surface area contributed by atoms with Gasteiger partial charge in [-0.3, -0.25) is 9.78 Å². The largest absolute Gasteiger partial charge is 0.497 e. The molecule has 5 nitrogen and oxygen atoms in total. The van der Waals surface area contributed by atoms with Crippen LogP contribution in [0.3, 0.4) is 0 Å². The molecule has 0 bridgehead atoms. The van der Waals surface area contributed by atoms with Crippen LogP contribution in [0.25, 0.3) is 0 Å². The van der Waals surface area contributed by atoms with Crippen LogP contribution < -0.4 is 9.47 Å². The van der Waals surface area contributed by atoms with Gasteiger partial charge < -0.3 is 14.4 Å². The van der Waals surface area contributed by atoms with Crippen LogP contribution in [-0.2, 0) is 11.2 Å². The van der Waals surface area contributed by atoms with Crippen LogP contribution in [0.4, 0.5) is 0 Å². The number of pyridine rings is 1. The first-order valence-electron chi connectivity index (χ1n) is 7.10. The maximum Gasteiger partial charge on any atom is 0.260 e. The SMILES string of the molecule is COc1ccc(OCC(=O)N(C)CCc2ccccn2)cc1.Cl. The van der Waals surface area contributed by atoms with Crippen LogP contribution in [-0.4, -0.2) is 43.1 Å². The topological polar surface area (TPSA) is 51.7 Å². The summed E-state index contributed by atoms with van der Waals surface area (Å²) in [6, 6.07) is 12.9. The number of ether oxygens (including phenoxy) is 2. The van der Waals surface area contributed by atoms with Crippen molar-refractivity contribution in [3.8, 4) is 11.5 Å². The second-order valence-electron chi connectivity index (χ2n) is 4.85. The Kier molecular flexibility index (Phi) is 7.91. The second-order valence-corrected chi connectivity index (χ2v) is 4.85. The van der Waals surface area contributed by atoms with Gasteiger partial charge in [0.15, 0.2) is 6.61 Å². The molecular weight excluding hydrogens is 316 g/mol. The number of nitrogens with zero attached hydrogens (tertiary/aromatic N) is 2. The molecule has 124 valence electrons. The van der Waals surface area contributed by atoms with Gasteiger partial charge in [0.2, 0.25) is 0 Å². The van der Waals surface area contributed by atoms with Crippen molar-refractivity contribution in [2.75, 3.05) is 27.3 Å². The average molecular weight is 337 g/mol. The zero-order chi connectivity index (χ0) is 15.8. The number of carbonyl (C=O) groups is 1. The molecular formula is C17H21ClN2O3. The van der Waals surface area contributed by atoms with E-state index in [9.17, 15) is 4.79 Å². The Morgan fingerprint density at radius 2 is 1.83 bits per heavy atom. The summed E-state index contributed by atoms with van der Waals surface area (Å²) in [4.78, 5) is 17.9. The lowest BCUT2D eigenvalue weighted by atomic mass is 10.2. The van der Waals surface area contributed by atoms with Crippen molar-refractivity contribution in [1.29, 1.82) is 0 Å². The van der Waals surface area contributed by atoms with Crippen molar-refractivity contribution in [2.45, 2.75) is 6.42 Å². The minimum atomic E-state index is -0.0632. The van der Waals surface area contributed by atoms with Crippen molar-refractivity contribution in [3.63, 3.8) is 0 Å². The molecule has 0 radical (unpaired) electrons. The fourth-order valence-electron chi connectivity index (χ4n) is 1.88. The van der Waals surface area contributed by atoms with E-state index in [1.54, 1.807) is 49.5 Å². The lowest BCUT2D eigenvalue weighted by Gasteiger charge is -2.17. The van der Waals surface area contributed by atoms with E-state index in [-0.39, 0.29) is 24.9 Å². The van der Waals surface area contributed by atoms with Crippen molar-refractivity contribution < 1.29 is 14.3 Å². The number of amides is 1. The Morgan fingerprint density at radius 3 is 2.43 bits per heavy atom. The van der Waals surface area contributed by atoms with Gasteiger partial charge in [0.1, 0.15) is 11.5 Å². The number of methoxy groups -OCH3 is 1. The lowest BCUT2D eigenvalue weighted by molar-refractivity contribution is -0.132. The number of rotatable bonds is 7. The quantitative estimate of drug-likeness (QED) is 0.780. The molecule has 0 saturated heterocycles. The Balaban J connectivity index is 0.00000264. The molecule has 2 rings (SSSR count). The molecule has 0 unspecified atom stereocenters. The van der Waals surface area contributed by atoms with Crippen molar-refractivity contribution in [3.05, 3.63) is 54.4 Å². The third kappa shape index (κ3) is 6.16. The fraction of sp³-hybridized carbons (Fsp3) is 0.294. The second kappa shape index (κ2) is 9.69. The maximum absolute atomic E-state index is 12.0. The highest BCUT2D eigenvalue weighted by molar-refractivity contribution is 5.85. The lowest BCUT2D eigenvalue weighted by Crippen LogP contribution is -2.33. The predicted molar refractivity (Wildman–Crippen MR) is 91.3 cm³/mol. The molecule has 0 saturated carbocycles. The third-order valence-corrected chi connectivity index (χ3v) is 3.28. The summed E-state index contributed by atoms with van der Waals surface area (Å²) in [5.41, 5.74) is 0.971. The molecule has 1 aromatic heterocycles. The minimum Gasteiger partial charge on any atom is -0.497 e. The number of halogens is 1. The van der Waals surface area contributed by atoms with Gasteiger partial charge in [0.05, 0.1) is 7.11 Å². The van der Waals surface area contributed by atoms with Gasteiger partial charge in [-0.25, -0.2) is 0 Å². The summed E-state index contributed by atoms with van der Waals surface area (Å²) < 4.78 is 10.5. The summed E-state index contributed by atoms with van der Waals surface area (Å²) >= 11 is 0. The van der Waals surface area contributed by atoms with E-state index in [4.69, 9.17) is 9.47 Å². The van der Waals surface area contributed by atoms with E-state index in [2.05, 4.69) is 4.98 Å². The molecule has 0 fully saturated rings. The summed E-state index contributed by atoms with van der Waals surface area (Å²) in [5, 5.41) is 0. The van der Waals surface area contributed by atoms with E-state index >= 15 is 0 Å². The van der Waals surface area contributed by atoms with E-state index in [1.807, 2.05) is 18.2 Å². The molecule has 6 heteroatoms. The first-order chi connectivity index (χ1) is 10.7. The molecule has 2 aromatic rings. The van der Waals surface area contributed by atoms with Gasteiger partial charge >= 0.3 is 0 Å². The number of aromatic nitrogens is 1. The van der Waals surface area contributed by atoms with E-state index in [0.717, 1.165) is 17.9 Å².